The molecule has 0 N–H and O–H groups in total. The van der Waals surface area contributed by atoms with Gasteiger partial charge in [-0.2, -0.15) is 0 Å². The molecular formula is C11H10N2O. The van der Waals surface area contributed by atoms with Crippen molar-refractivity contribution in [2.75, 3.05) is 0 Å². The van der Waals surface area contributed by atoms with Crippen molar-refractivity contribution in [3.8, 4) is 0 Å². The Labute approximate surface area is 82.1 Å². The van der Waals surface area contributed by atoms with Gasteiger partial charge in [-0.1, -0.05) is 18.2 Å². The van der Waals surface area contributed by atoms with Crippen LogP contribution in [0.5, 0.6) is 0 Å². The maximum absolute atomic E-state index is 11.5. The van der Waals surface area contributed by atoms with Crippen LogP contribution in [0, 0.1) is 0 Å². The minimum absolute atomic E-state index is 0.207. The molecule has 70 valence electrons. The highest BCUT2D eigenvalue weighted by atomic mass is 16.2. The summed E-state index contributed by atoms with van der Waals surface area (Å²) in [6.45, 7) is 0.702. The first-order chi connectivity index (χ1) is 6.84. The van der Waals surface area contributed by atoms with Crippen molar-refractivity contribution in [3.05, 3.63) is 29.8 Å². The molecule has 1 fully saturated rings. The van der Waals surface area contributed by atoms with Gasteiger partial charge in [0.25, 0.3) is 0 Å². The number of hydrogen-bond donors (Lipinski definition) is 0. The van der Waals surface area contributed by atoms with Crippen molar-refractivity contribution in [1.82, 2.24) is 4.90 Å². The average molecular weight is 186 g/mol. The molecule has 0 radical (unpaired) electrons. The van der Waals surface area contributed by atoms with Gasteiger partial charge in [0.15, 0.2) is 0 Å². The molecule has 0 aromatic heterocycles. The molecule has 0 aliphatic carbocycles. The number of rotatable bonds is 0. The number of amides is 1. The number of para-hydroxylation sites is 1. The van der Waals surface area contributed by atoms with E-state index in [1.165, 1.54) is 0 Å². The molecule has 1 aromatic carbocycles. The van der Waals surface area contributed by atoms with Gasteiger partial charge >= 0.3 is 0 Å². The molecule has 3 heteroatoms. The fourth-order valence-electron chi connectivity index (χ4n) is 1.99. The van der Waals surface area contributed by atoms with Crippen LogP contribution in [-0.2, 0) is 11.3 Å². The normalized spacial score (nSPS) is 19.0. The number of benzene rings is 1. The van der Waals surface area contributed by atoms with E-state index < -0.39 is 0 Å². The van der Waals surface area contributed by atoms with Gasteiger partial charge in [0, 0.05) is 12.8 Å². The van der Waals surface area contributed by atoms with Crippen molar-refractivity contribution in [2.45, 2.75) is 19.4 Å². The molecule has 0 spiro atoms. The zero-order valence-corrected chi connectivity index (χ0v) is 7.73. The minimum Gasteiger partial charge on any atom is -0.296 e. The lowest BCUT2D eigenvalue weighted by Gasteiger charge is -2.22. The van der Waals surface area contributed by atoms with Gasteiger partial charge in [-0.25, -0.2) is 4.99 Å². The Morgan fingerprint density at radius 1 is 1.21 bits per heavy atom. The van der Waals surface area contributed by atoms with E-state index in [0.717, 1.165) is 23.5 Å². The van der Waals surface area contributed by atoms with Gasteiger partial charge in [-0.05, 0) is 11.6 Å². The number of hydrogen-bond acceptors (Lipinski definition) is 2. The fraction of sp³-hybridized carbons (Fsp3) is 0.273. The first-order valence-corrected chi connectivity index (χ1v) is 4.80. The number of amidine groups is 1. The largest absolute Gasteiger partial charge is 0.296 e. The van der Waals surface area contributed by atoms with Crippen molar-refractivity contribution >= 4 is 17.4 Å². The topological polar surface area (TPSA) is 32.7 Å². The molecule has 1 aromatic rings. The third-order valence-corrected chi connectivity index (χ3v) is 2.74. The molecule has 0 bridgehead atoms. The molecule has 2 heterocycles. The van der Waals surface area contributed by atoms with E-state index in [1.807, 2.05) is 24.3 Å². The molecule has 0 unspecified atom stereocenters. The maximum Gasteiger partial charge on any atom is 0.228 e. The van der Waals surface area contributed by atoms with Crippen molar-refractivity contribution in [2.24, 2.45) is 4.99 Å². The van der Waals surface area contributed by atoms with E-state index in [9.17, 15) is 4.79 Å². The summed E-state index contributed by atoms with van der Waals surface area (Å²) < 4.78 is 0. The summed E-state index contributed by atoms with van der Waals surface area (Å²) in [5.74, 6) is 1.15. The Balaban J connectivity index is 2.11. The van der Waals surface area contributed by atoms with Crippen LogP contribution in [0.25, 0.3) is 0 Å². The first-order valence-electron chi connectivity index (χ1n) is 4.80. The molecule has 2 aliphatic heterocycles. The zero-order chi connectivity index (χ0) is 9.54. The Kier molecular flexibility index (Phi) is 1.48. The second-order valence-electron chi connectivity index (χ2n) is 3.64. The van der Waals surface area contributed by atoms with Gasteiger partial charge in [0.05, 0.1) is 12.2 Å². The molecular weight excluding hydrogens is 176 g/mol. The van der Waals surface area contributed by atoms with Gasteiger partial charge in [0.2, 0.25) is 5.91 Å². The standard InChI is InChI=1S/C11H10N2O/c14-11-6-5-10-12-9-4-2-1-3-8(9)7-13(10)11/h1-4H,5-7H2. The van der Waals surface area contributed by atoms with Crippen LogP contribution < -0.4 is 0 Å². The highest BCUT2D eigenvalue weighted by Gasteiger charge is 2.30. The first kappa shape index (κ1) is 7.74. The number of carbonyl (C=O) groups is 1. The van der Waals surface area contributed by atoms with E-state index in [0.29, 0.717) is 13.0 Å². The third-order valence-electron chi connectivity index (χ3n) is 2.74. The number of carbonyl (C=O) groups excluding carboxylic acids is 1. The van der Waals surface area contributed by atoms with Gasteiger partial charge < -0.3 is 0 Å². The predicted molar refractivity (Wildman–Crippen MR) is 53.3 cm³/mol. The second kappa shape index (κ2) is 2.67. The SMILES string of the molecule is O=C1CCC2=Nc3ccccc3CN12. The summed E-state index contributed by atoms with van der Waals surface area (Å²) in [5.41, 5.74) is 2.17. The van der Waals surface area contributed by atoms with Gasteiger partial charge in [-0.3, -0.25) is 9.69 Å². The molecule has 0 atom stereocenters. The second-order valence-corrected chi connectivity index (χ2v) is 3.64. The number of aliphatic imine (C=N–C) groups is 1. The van der Waals surface area contributed by atoms with Crippen LogP contribution in [0.3, 0.4) is 0 Å². The summed E-state index contributed by atoms with van der Waals surface area (Å²) in [6, 6.07) is 8.00. The molecule has 3 nitrogen and oxygen atoms in total. The predicted octanol–water partition coefficient (Wildman–Crippen LogP) is 1.85. The van der Waals surface area contributed by atoms with Crippen molar-refractivity contribution in [3.63, 3.8) is 0 Å². The lowest BCUT2D eigenvalue weighted by molar-refractivity contribution is -0.126. The van der Waals surface area contributed by atoms with Gasteiger partial charge in [0.1, 0.15) is 5.84 Å². The van der Waals surface area contributed by atoms with Crippen LogP contribution in [-0.4, -0.2) is 16.6 Å². The molecule has 2 aliphatic rings. The summed E-state index contributed by atoms with van der Waals surface area (Å²) in [7, 11) is 0. The Morgan fingerprint density at radius 2 is 2.07 bits per heavy atom. The summed E-state index contributed by atoms with van der Waals surface area (Å²) >= 11 is 0. The number of nitrogens with zero attached hydrogens (tertiary/aromatic N) is 2. The molecule has 0 saturated carbocycles. The average Bonchev–Trinajstić information content (AvgIpc) is 2.57. The van der Waals surface area contributed by atoms with E-state index in [-0.39, 0.29) is 5.91 Å². The summed E-state index contributed by atoms with van der Waals surface area (Å²) in [6.07, 6.45) is 1.42. The van der Waals surface area contributed by atoms with Crippen LogP contribution in [0.15, 0.2) is 29.3 Å². The van der Waals surface area contributed by atoms with E-state index in [1.54, 1.807) is 4.90 Å². The highest BCUT2D eigenvalue weighted by Crippen LogP contribution is 2.30. The molecule has 1 amide bonds. The Bertz CT molecular complexity index is 437. The summed E-state index contributed by atoms with van der Waals surface area (Å²) in [4.78, 5) is 17.7. The van der Waals surface area contributed by atoms with Crippen LogP contribution >= 0.6 is 0 Å². The minimum atomic E-state index is 0.207. The zero-order valence-electron chi connectivity index (χ0n) is 7.73. The van der Waals surface area contributed by atoms with E-state index >= 15 is 0 Å². The third kappa shape index (κ3) is 0.985. The van der Waals surface area contributed by atoms with Crippen molar-refractivity contribution in [1.29, 1.82) is 0 Å². The Morgan fingerprint density at radius 3 is 3.00 bits per heavy atom. The van der Waals surface area contributed by atoms with Crippen LogP contribution in [0.1, 0.15) is 18.4 Å². The lowest BCUT2D eigenvalue weighted by atomic mass is 10.1. The summed E-state index contributed by atoms with van der Waals surface area (Å²) in [5, 5.41) is 0. The fourth-order valence-corrected chi connectivity index (χ4v) is 1.99. The van der Waals surface area contributed by atoms with Crippen LogP contribution in [0.4, 0.5) is 5.69 Å². The quantitative estimate of drug-likeness (QED) is 0.608. The Hall–Kier alpha value is -1.64. The highest BCUT2D eigenvalue weighted by molar-refractivity contribution is 6.06. The maximum atomic E-state index is 11.5. The molecule has 14 heavy (non-hydrogen) atoms. The smallest absolute Gasteiger partial charge is 0.228 e. The monoisotopic (exact) mass is 186 g/mol. The molecule has 1 saturated heterocycles. The molecule has 3 rings (SSSR count). The van der Waals surface area contributed by atoms with E-state index in [4.69, 9.17) is 0 Å². The lowest BCUT2D eigenvalue weighted by Crippen LogP contribution is -2.30. The van der Waals surface area contributed by atoms with E-state index in [2.05, 4.69) is 4.99 Å². The van der Waals surface area contributed by atoms with Gasteiger partial charge in [-0.15, -0.1) is 0 Å². The van der Waals surface area contributed by atoms with Crippen LogP contribution in [0.2, 0.25) is 0 Å². The van der Waals surface area contributed by atoms with Crippen molar-refractivity contribution < 1.29 is 4.79 Å². The number of fused-ring (bicyclic) bond motifs is 2.